The Bertz CT molecular complexity index is 300. The Labute approximate surface area is 108 Å². The van der Waals surface area contributed by atoms with Crippen LogP contribution >= 0.6 is 22.9 Å². The van der Waals surface area contributed by atoms with Crippen LogP contribution in [0.25, 0.3) is 0 Å². The van der Waals surface area contributed by atoms with Crippen molar-refractivity contribution < 1.29 is 0 Å². The molecular formula is C13H22ClNS. The zero-order chi connectivity index (χ0) is 12.1. The molecule has 1 aromatic heterocycles. The first-order valence-electron chi connectivity index (χ1n) is 6.03. The predicted octanol–water partition coefficient (Wildman–Crippen LogP) is 4.80. The highest BCUT2D eigenvalue weighted by molar-refractivity contribution is 7.16. The van der Waals surface area contributed by atoms with Crippen molar-refractivity contribution in [3.05, 3.63) is 20.8 Å². The molecule has 1 nitrogen and oxygen atoms in total. The Balaban J connectivity index is 2.68. The minimum Gasteiger partial charge on any atom is -0.310 e. The monoisotopic (exact) mass is 259 g/mol. The number of halogens is 1. The molecule has 0 aromatic carbocycles. The van der Waals surface area contributed by atoms with Gasteiger partial charge in [0.05, 0.1) is 4.34 Å². The number of aryl methyl sites for hydroxylation is 1. The van der Waals surface area contributed by atoms with Gasteiger partial charge in [-0.05, 0) is 43.9 Å². The van der Waals surface area contributed by atoms with Crippen molar-refractivity contribution in [2.75, 3.05) is 6.54 Å². The first-order valence-corrected chi connectivity index (χ1v) is 7.23. The van der Waals surface area contributed by atoms with Crippen LogP contribution in [0.4, 0.5) is 0 Å². The Hall–Kier alpha value is -0.0500. The zero-order valence-corrected chi connectivity index (χ0v) is 12.2. The Kier molecular flexibility index (Phi) is 5.81. The van der Waals surface area contributed by atoms with Gasteiger partial charge in [-0.25, -0.2) is 0 Å². The van der Waals surface area contributed by atoms with E-state index >= 15 is 0 Å². The fourth-order valence-corrected chi connectivity index (χ4v) is 3.07. The maximum Gasteiger partial charge on any atom is 0.0960 e. The second kappa shape index (κ2) is 6.63. The molecule has 0 spiro atoms. The first kappa shape index (κ1) is 14.0. The predicted molar refractivity (Wildman–Crippen MR) is 74.6 cm³/mol. The fourth-order valence-electron chi connectivity index (χ4n) is 1.75. The number of hydrogen-bond donors (Lipinski definition) is 1. The van der Waals surface area contributed by atoms with Crippen molar-refractivity contribution in [2.24, 2.45) is 5.92 Å². The van der Waals surface area contributed by atoms with Gasteiger partial charge in [-0.3, -0.25) is 0 Å². The molecule has 0 fully saturated rings. The van der Waals surface area contributed by atoms with Gasteiger partial charge < -0.3 is 5.32 Å². The van der Waals surface area contributed by atoms with E-state index in [0.717, 1.165) is 16.8 Å². The molecule has 0 bridgehead atoms. The molecule has 0 radical (unpaired) electrons. The summed E-state index contributed by atoms with van der Waals surface area (Å²) < 4.78 is 0.933. The number of rotatable bonds is 6. The van der Waals surface area contributed by atoms with E-state index in [2.05, 4.69) is 39.1 Å². The summed E-state index contributed by atoms with van der Waals surface area (Å²) in [6, 6.07) is 2.70. The highest BCUT2D eigenvalue weighted by atomic mass is 35.5. The van der Waals surface area contributed by atoms with Crippen LogP contribution in [-0.2, 0) is 0 Å². The van der Waals surface area contributed by atoms with E-state index < -0.39 is 0 Å². The SMILES string of the molecule is CCNC(CCC(C)C)c1cc(C)c(Cl)s1. The normalized spacial score (nSPS) is 13.4. The summed E-state index contributed by atoms with van der Waals surface area (Å²) in [5, 5.41) is 3.55. The van der Waals surface area contributed by atoms with Crippen molar-refractivity contribution in [1.82, 2.24) is 5.32 Å². The minimum absolute atomic E-state index is 0.476. The minimum atomic E-state index is 0.476. The van der Waals surface area contributed by atoms with E-state index in [0.29, 0.717) is 6.04 Å². The largest absolute Gasteiger partial charge is 0.310 e. The molecule has 0 aliphatic carbocycles. The summed E-state index contributed by atoms with van der Waals surface area (Å²) in [6.45, 7) is 9.79. The summed E-state index contributed by atoms with van der Waals surface area (Å²) in [6.07, 6.45) is 2.45. The van der Waals surface area contributed by atoms with E-state index in [-0.39, 0.29) is 0 Å². The summed E-state index contributed by atoms with van der Waals surface area (Å²) in [5.74, 6) is 0.762. The fraction of sp³-hybridized carbons (Fsp3) is 0.692. The van der Waals surface area contributed by atoms with Crippen molar-refractivity contribution in [1.29, 1.82) is 0 Å². The highest BCUT2D eigenvalue weighted by Crippen LogP contribution is 2.33. The van der Waals surface area contributed by atoms with Crippen molar-refractivity contribution in [3.63, 3.8) is 0 Å². The van der Waals surface area contributed by atoms with Crippen LogP contribution in [0.15, 0.2) is 6.07 Å². The van der Waals surface area contributed by atoms with Crippen molar-refractivity contribution >= 4 is 22.9 Å². The van der Waals surface area contributed by atoms with Crippen LogP contribution in [0, 0.1) is 12.8 Å². The molecule has 1 atom stereocenters. The molecule has 1 aromatic rings. The molecule has 0 saturated heterocycles. The Morgan fingerprint density at radius 3 is 2.50 bits per heavy atom. The third kappa shape index (κ3) is 4.08. The van der Waals surface area contributed by atoms with E-state index in [9.17, 15) is 0 Å². The molecule has 0 amide bonds. The summed E-state index contributed by atoms with van der Waals surface area (Å²) in [7, 11) is 0. The van der Waals surface area contributed by atoms with E-state index in [1.54, 1.807) is 11.3 Å². The maximum absolute atomic E-state index is 6.13. The first-order chi connectivity index (χ1) is 7.54. The van der Waals surface area contributed by atoms with Crippen LogP contribution in [0.1, 0.15) is 50.1 Å². The lowest BCUT2D eigenvalue weighted by molar-refractivity contribution is 0.453. The molecule has 0 aliphatic rings. The third-order valence-corrected chi connectivity index (χ3v) is 4.37. The van der Waals surface area contributed by atoms with Gasteiger partial charge in [-0.2, -0.15) is 0 Å². The maximum atomic E-state index is 6.13. The molecule has 0 saturated carbocycles. The van der Waals surface area contributed by atoms with E-state index in [4.69, 9.17) is 11.6 Å². The molecular weight excluding hydrogens is 238 g/mol. The molecule has 1 unspecified atom stereocenters. The number of hydrogen-bond acceptors (Lipinski definition) is 2. The second-order valence-electron chi connectivity index (χ2n) is 4.69. The van der Waals surface area contributed by atoms with Gasteiger partial charge in [0.1, 0.15) is 0 Å². The van der Waals surface area contributed by atoms with Gasteiger partial charge >= 0.3 is 0 Å². The van der Waals surface area contributed by atoms with E-state index in [1.165, 1.54) is 23.3 Å². The molecule has 1 rings (SSSR count). The highest BCUT2D eigenvalue weighted by Gasteiger charge is 2.14. The van der Waals surface area contributed by atoms with Crippen LogP contribution < -0.4 is 5.32 Å². The molecule has 0 aliphatic heterocycles. The quantitative estimate of drug-likeness (QED) is 0.774. The Morgan fingerprint density at radius 1 is 1.38 bits per heavy atom. The number of thiophene rings is 1. The van der Waals surface area contributed by atoms with Crippen molar-refractivity contribution in [2.45, 2.75) is 46.6 Å². The van der Waals surface area contributed by atoms with E-state index in [1.807, 2.05) is 0 Å². The van der Waals surface area contributed by atoms with Gasteiger partial charge in [0.2, 0.25) is 0 Å². The van der Waals surface area contributed by atoms with Crippen LogP contribution in [-0.4, -0.2) is 6.54 Å². The van der Waals surface area contributed by atoms with Crippen LogP contribution in [0.3, 0.4) is 0 Å². The lowest BCUT2D eigenvalue weighted by atomic mass is 10.0. The lowest BCUT2D eigenvalue weighted by Gasteiger charge is -2.17. The number of nitrogens with one attached hydrogen (secondary N) is 1. The topological polar surface area (TPSA) is 12.0 Å². The summed E-state index contributed by atoms with van der Waals surface area (Å²) in [5.41, 5.74) is 1.20. The van der Waals surface area contributed by atoms with Gasteiger partial charge in [-0.15, -0.1) is 11.3 Å². The second-order valence-corrected chi connectivity index (χ2v) is 6.37. The van der Waals surface area contributed by atoms with Gasteiger partial charge in [0.15, 0.2) is 0 Å². The van der Waals surface area contributed by atoms with Crippen molar-refractivity contribution in [3.8, 4) is 0 Å². The van der Waals surface area contributed by atoms with Gasteiger partial charge in [0, 0.05) is 10.9 Å². The van der Waals surface area contributed by atoms with Crippen LogP contribution in [0.5, 0.6) is 0 Å². The smallest absolute Gasteiger partial charge is 0.0960 e. The molecule has 1 N–H and O–H groups in total. The Morgan fingerprint density at radius 2 is 2.06 bits per heavy atom. The van der Waals surface area contributed by atoms with Gasteiger partial charge in [0.25, 0.3) is 0 Å². The average molecular weight is 260 g/mol. The zero-order valence-electron chi connectivity index (χ0n) is 10.6. The molecule has 92 valence electrons. The average Bonchev–Trinajstić information content (AvgIpc) is 2.53. The van der Waals surface area contributed by atoms with Gasteiger partial charge in [-0.1, -0.05) is 32.4 Å². The standard InChI is InChI=1S/C13H22ClNS/c1-5-15-11(7-6-9(2)3)12-8-10(4)13(14)16-12/h8-9,11,15H,5-7H2,1-4H3. The third-order valence-electron chi connectivity index (χ3n) is 2.70. The molecule has 3 heteroatoms. The molecule has 1 heterocycles. The summed E-state index contributed by atoms with van der Waals surface area (Å²) in [4.78, 5) is 1.38. The summed E-state index contributed by atoms with van der Waals surface area (Å²) >= 11 is 7.84. The van der Waals surface area contributed by atoms with Crippen LogP contribution in [0.2, 0.25) is 4.34 Å². The molecule has 16 heavy (non-hydrogen) atoms. The lowest BCUT2D eigenvalue weighted by Crippen LogP contribution is -2.20.